The molecule has 2 amide bonds. The lowest BCUT2D eigenvalue weighted by molar-refractivity contribution is -0.139. The zero-order chi connectivity index (χ0) is 29.6. The number of amides is 2. The molecule has 3 aromatic rings. The quantitative estimate of drug-likeness (QED) is 0.342. The average molecular weight is 568 g/mol. The van der Waals surface area contributed by atoms with Crippen molar-refractivity contribution in [3.63, 3.8) is 0 Å². The van der Waals surface area contributed by atoms with Gasteiger partial charge >= 0.3 is 0 Å². The van der Waals surface area contributed by atoms with Crippen LogP contribution in [0.1, 0.15) is 49.4 Å². The van der Waals surface area contributed by atoms with Gasteiger partial charge in [0, 0.05) is 12.6 Å². The predicted octanol–water partition coefficient (Wildman–Crippen LogP) is 5.28. The average Bonchev–Trinajstić information content (AvgIpc) is 2.91. The molecule has 0 fully saturated rings. The number of hydrogen-bond acceptors (Lipinski definition) is 4. The minimum absolute atomic E-state index is 0.000491. The number of halogens is 1. The molecule has 0 aliphatic heterocycles. The molecule has 0 spiro atoms. The van der Waals surface area contributed by atoms with Crippen molar-refractivity contribution >= 4 is 27.5 Å². The Labute approximate surface area is 237 Å². The van der Waals surface area contributed by atoms with Crippen molar-refractivity contribution in [3.8, 4) is 0 Å². The van der Waals surface area contributed by atoms with Gasteiger partial charge in [-0.3, -0.25) is 13.9 Å². The van der Waals surface area contributed by atoms with Gasteiger partial charge in [0.1, 0.15) is 18.4 Å². The summed E-state index contributed by atoms with van der Waals surface area (Å²) < 4.78 is 42.6. The van der Waals surface area contributed by atoms with E-state index >= 15 is 0 Å². The number of benzene rings is 3. The van der Waals surface area contributed by atoms with Gasteiger partial charge in [-0.1, -0.05) is 54.4 Å². The Morgan fingerprint density at radius 1 is 0.900 bits per heavy atom. The highest BCUT2D eigenvalue weighted by atomic mass is 32.2. The first-order chi connectivity index (χ1) is 18.8. The molecule has 1 N–H and O–H groups in total. The molecule has 0 radical (unpaired) electrons. The molecule has 0 saturated carbocycles. The summed E-state index contributed by atoms with van der Waals surface area (Å²) in [6.07, 6.45) is 0.708. The Kier molecular flexibility index (Phi) is 10.1. The fourth-order valence-corrected chi connectivity index (χ4v) is 5.75. The van der Waals surface area contributed by atoms with Crippen LogP contribution in [0.2, 0.25) is 0 Å². The molecule has 0 unspecified atom stereocenters. The number of anilines is 1. The third-order valence-corrected chi connectivity index (χ3v) is 8.72. The molecule has 0 aromatic heterocycles. The summed E-state index contributed by atoms with van der Waals surface area (Å²) in [6, 6.07) is 16.4. The SMILES string of the molecule is CC[C@H](C)NC(=O)[C@@H](C)N(Cc1ccc(F)cc1)C(=O)CN(c1ccc(C)cc1C)S(=O)(=O)c1ccc(C)cc1. The lowest BCUT2D eigenvalue weighted by Crippen LogP contribution is -2.52. The van der Waals surface area contributed by atoms with E-state index in [1.54, 1.807) is 50.2 Å². The molecular weight excluding hydrogens is 529 g/mol. The molecule has 3 aromatic carbocycles. The van der Waals surface area contributed by atoms with Gasteiger partial charge in [0.05, 0.1) is 10.6 Å². The van der Waals surface area contributed by atoms with E-state index in [-0.39, 0.29) is 23.4 Å². The molecule has 0 heterocycles. The number of sulfonamides is 1. The number of rotatable bonds is 11. The van der Waals surface area contributed by atoms with Crippen LogP contribution in [0.25, 0.3) is 0 Å². The molecule has 0 saturated heterocycles. The summed E-state index contributed by atoms with van der Waals surface area (Å²) in [5.41, 5.74) is 3.53. The smallest absolute Gasteiger partial charge is 0.264 e. The van der Waals surface area contributed by atoms with Crippen LogP contribution in [0.3, 0.4) is 0 Å². The molecule has 0 bridgehead atoms. The van der Waals surface area contributed by atoms with Crippen LogP contribution in [-0.2, 0) is 26.2 Å². The zero-order valence-corrected chi connectivity index (χ0v) is 24.8. The maximum atomic E-state index is 14.0. The minimum atomic E-state index is -4.15. The molecule has 7 nitrogen and oxygen atoms in total. The van der Waals surface area contributed by atoms with Crippen LogP contribution in [-0.4, -0.2) is 43.8 Å². The summed E-state index contributed by atoms with van der Waals surface area (Å²) in [6.45, 7) is 10.4. The van der Waals surface area contributed by atoms with E-state index in [0.29, 0.717) is 23.2 Å². The second-order valence-electron chi connectivity index (χ2n) is 10.3. The summed E-state index contributed by atoms with van der Waals surface area (Å²) in [5, 5.41) is 2.90. The number of carbonyl (C=O) groups excluding carboxylic acids is 2. The van der Waals surface area contributed by atoms with Crippen LogP contribution < -0.4 is 9.62 Å². The van der Waals surface area contributed by atoms with Crippen molar-refractivity contribution in [3.05, 3.63) is 94.8 Å². The monoisotopic (exact) mass is 567 g/mol. The van der Waals surface area contributed by atoms with Gasteiger partial charge < -0.3 is 10.2 Å². The molecule has 214 valence electrons. The van der Waals surface area contributed by atoms with Crippen molar-refractivity contribution in [2.24, 2.45) is 0 Å². The molecule has 0 aliphatic carbocycles. The maximum absolute atomic E-state index is 14.0. The van der Waals surface area contributed by atoms with Crippen molar-refractivity contribution in [1.82, 2.24) is 10.2 Å². The van der Waals surface area contributed by atoms with Crippen LogP contribution >= 0.6 is 0 Å². The van der Waals surface area contributed by atoms with Crippen LogP contribution in [0.15, 0.2) is 71.6 Å². The lowest BCUT2D eigenvalue weighted by Gasteiger charge is -2.33. The number of nitrogens with zero attached hydrogens (tertiary/aromatic N) is 2. The molecule has 0 aliphatic rings. The standard InChI is InChI=1S/C31H38FN3O4S/c1-7-24(5)33-31(37)25(6)34(19-26-11-13-27(32)14-12-26)30(36)20-35(29-17-10-22(3)18-23(29)4)40(38,39)28-15-8-21(2)9-16-28/h8-18,24-25H,7,19-20H2,1-6H3,(H,33,37)/t24-,25+/m0/s1. The van der Waals surface area contributed by atoms with Crippen molar-refractivity contribution in [2.45, 2.75) is 71.5 Å². The van der Waals surface area contributed by atoms with Gasteiger partial charge in [-0.05, 0) is 82.5 Å². The van der Waals surface area contributed by atoms with Gasteiger partial charge in [-0.15, -0.1) is 0 Å². The Morgan fingerprint density at radius 3 is 2.08 bits per heavy atom. The molecule has 9 heteroatoms. The van der Waals surface area contributed by atoms with E-state index in [1.165, 1.54) is 29.2 Å². The molecular formula is C31H38FN3O4S. The first kappa shape index (κ1) is 30.8. The Balaban J connectivity index is 2.05. The predicted molar refractivity (Wildman–Crippen MR) is 156 cm³/mol. The lowest BCUT2D eigenvalue weighted by atomic mass is 10.1. The first-order valence-corrected chi connectivity index (χ1v) is 14.8. The van der Waals surface area contributed by atoms with Crippen molar-refractivity contribution < 1.29 is 22.4 Å². The summed E-state index contributed by atoms with van der Waals surface area (Å²) in [7, 11) is -4.15. The highest BCUT2D eigenvalue weighted by Gasteiger charge is 2.33. The normalized spacial score (nSPS) is 12.9. The second-order valence-corrected chi connectivity index (χ2v) is 12.1. The van der Waals surface area contributed by atoms with E-state index in [0.717, 1.165) is 15.4 Å². The van der Waals surface area contributed by atoms with Crippen molar-refractivity contribution in [2.75, 3.05) is 10.8 Å². The van der Waals surface area contributed by atoms with Crippen LogP contribution in [0.5, 0.6) is 0 Å². The van der Waals surface area contributed by atoms with E-state index in [2.05, 4.69) is 5.32 Å². The fraction of sp³-hybridized carbons (Fsp3) is 0.355. The van der Waals surface area contributed by atoms with Gasteiger partial charge in [-0.25, -0.2) is 12.8 Å². The van der Waals surface area contributed by atoms with Gasteiger partial charge in [-0.2, -0.15) is 0 Å². The molecule has 40 heavy (non-hydrogen) atoms. The van der Waals surface area contributed by atoms with E-state index in [9.17, 15) is 22.4 Å². The number of nitrogens with one attached hydrogen (secondary N) is 1. The number of aryl methyl sites for hydroxylation is 3. The summed E-state index contributed by atoms with van der Waals surface area (Å²) >= 11 is 0. The van der Waals surface area contributed by atoms with Gasteiger partial charge in [0.15, 0.2) is 0 Å². The summed E-state index contributed by atoms with van der Waals surface area (Å²) in [5.74, 6) is -1.34. The van der Waals surface area contributed by atoms with E-state index in [4.69, 9.17) is 0 Å². The zero-order valence-electron chi connectivity index (χ0n) is 23.9. The highest BCUT2D eigenvalue weighted by Crippen LogP contribution is 2.28. The number of carbonyl (C=O) groups is 2. The molecule has 2 atom stereocenters. The highest BCUT2D eigenvalue weighted by molar-refractivity contribution is 7.92. The first-order valence-electron chi connectivity index (χ1n) is 13.3. The van der Waals surface area contributed by atoms with E-state index < -0.39 is 34.3 Å². The molecule has 3 rings (SSSR count). The Hall–Kier alpha value is -3.72. The third kappa shape index (κ3) is 7.47. The Bertz CT molecular complexity index is 1440. The van der Waals surface area contributed by atoms with Crippen LogP contribution in [0, 0.1) is 26.6 Å². The van der Waals surface area contributed by atoms with Crippen LogP contribution in [0.4, 0.5) is 10.1 Å². The minimum Gasteiger partial charge on any atom is -0.352 e. The largest absolute Gasteiger partial charge is 0.352 e. The third-order valence-electron chi connectivity index (χ3n) is 6.94. The topological polar surface area (TPSA) is 86.8 Å². The fourth-order valence-electron chi connectivity index (χ4n) is 4.27. The summed E-state index contributed by atoms with van der Waals surface area (Å²) in [4.78, 5) is 28.5. The maximum Gasteiger partial charge on any atom is 0.264 e. The van der Waals surface area contributed by atoms with Gasteiger partial charge in [0.2, 0.25) is 11.8 Å². The van der Waals surface area contributed by atoms with Gasteiger partial charge in [0.25, 0.3) is 10.0 Å². The number of hydrogen-bond donors (Lipinski definition) is 1. The van der Waals surface area contributed by atoms with Crippen molar-refractivity contribution in [1.29, 1.82) is 0 Å². The van der Waals surface area contributed by atoms with E-state index in [1.807, 2.05) is 33.8 Å². The Morgan fingerprint density at radius 2 is 1.50 bits per heavy atom. The second kappa shape index (κ2) is 13.1.